The minimum Gasteiger partial charge on any atom is -0.332 e. The molecule has 35 heavy (non-hydrogen) atoms. The highest BCUT2D eigenvalue weighted by Gasteiger charge is 2.16. The number of benzene rings is 3. The maximum Gasteiger partial charge on any atom is 0.278 e. The van der Waals surface area contributed by atoms with Gasteiger partial charge in [0.2, 0.25) is 5.82 Å². The largest absolute Gasteiger partial charge is 0.332 e. The highest BCUT2D eigenvalue weighted by molar-refractivity contribution is 7.92. The van der Waals surface area contributed by atoms with E-state index in [9.17, 15) is 17.2 Å². The van der Waals surface area contributed by atoms with E-state index in [0.29, 0.717) is 23.5 Å². The van der Waals surface area contributed by atoms with Crippen LogP contribution in [0.5, 0.6) is 0 Å². The molecule has 0 saturated heterocycles. The van der Waals surface area contributed by atoms with Gasteiger partial charge < -0.3 is 9.09 Å². The fourth-order valence-electron chi connectivity index (χ4n) is 3.37. The number of anilines is 1. The first-order chi connectivity index (χ1) is 16.9. The smallest absolute Gasteiger partial charge is 0.278 e. The summed E-state index contributed by atoms with van der Waals surface area (Å²) in [5, 5.41) is 3.88. The molecule has 2 heterocycles. The molecule has 5 aromatic rings. The van der Waals surface area contributed by atoms with E-state index in [1.54, 1.807) is 53.5 Å². The van der Waals surface area contributed by atoms with Gasteiger partial charge in [0.15, 0.2) is 0 Å². The van der Waals surface area contributed by atoms with Crippen molar-refractivity contribution in [3.63, 3.8) is 0 Å². The first-order valence-electron chi connectivity index (χ1n) is 10.3. The Labute approximate surface area is 198 Å². The van der Waals surface area contributed by atoms with Crippen LogP contribution in [0.15, 0.2) is 94.7 Å². The lowest BCUT2D eigenvalue weighted by atomic mass is 10.2. The van der Waals surface area contributed by atoms with Gasteiger partial charge in [0, 0.05) is 24.0 Å². The number of aromatic nitrogens is 4. The molecular weight excluding hydrogens is 476 g/mol. The Morgan fingerprint density at radius 3 is 2.43 bits per heavy atom. The molecule has 0 bridgehead atoms. The van der Waals surface area contributed by atoms with Crippen molar-refractivity contribution < 1.29 is 21.7 Å². The summed E-state index contributed by atoms with van der Waals surface area (Å²) >= 11 is 0. The van der Waals surface area contributed by atoms with Crippen LogP contribution in [0, 0.1) is 11.6 Å². The van der Waals surface area contributed by atoms with Crippen LogP contribution in [-0.4, -0.2) is 28.1 Å². The molecule has 2 aromatic heterocycles. The fourth-order valence-corrected chi connectivity index (χ4v) is 4.46. The monoisotopic (exact) mass is 493 g/mol. The van der Waals surface area contributed by atoms with E-state index in [0.717, 1.165) is 11.6 Å². The molecular formula is C24H17F2N5O3S. The van der Waals surface area contributed by atoms with Gasteiger partial charge in [0.05, 0.1) is 11.2 Å². The Hall–Kier alpha value is -4.38. The lowest BCUT2D eigenvalue weighted by molar-refractivity contribution is 0.431. The van der Waals surface area contributed by atoms with Gasteiger partial charge >= 0.3 is 0 Å². The number of hydrogen-bond donors (Lipinski definition) is 1. The molecule has 0 unspecified atom stereocenters. The first kappa shape index (κ1) is 22.4. The van der Waals surface area contributed by atoms with Gasteiger partial charge in [-0.1, -0.05) is 35.5 Å². The summed E-state index contributed by atoms with van der Waals surface area (Å²) in [5.41, 5.74) is 2.18. The van der Waals surface area contributed by atoms with Crippen LogP contribution in [-0.2, 0) is 16.6 Å². The molecule has 0 aliphatic heterocycles. The average Bonchev–Trinajstić information content (AvgIpc) is 3.50. The van der Waals surface area contributed by atoms with Crippen molar-refractivity contribution in [1.82, 2.24) is 19.7 Å². The second-order valence-corrected chi connectivity index (χ2v) is 9.31. The van der Waals surface area contributed by atoms with Crippen molar-refractivity contribution in [1.29, 1.82) is 0 Å². The lowest BCUT2D eigenvalue weighted by Crippen LogP contribution is -2.13. The zero-order valence-corrected chi connectivity index (χ0v) is 18.8. The zero-order valence-electron chi connectivity index (χ0n) is 18.0. The zero-order chi connectivity index (χ0) is 24.4. The lowest BCUT2D eigenvalue weighted by Gasteiger charge is -2.09. The van der Waals surface area contributed by atoms with Gasteiger partial charge in [0.1, 0.15) is 17.3 Å². The number of nitrogens with zero attached hydrogens (tertiary/aromatic N) is 4. The van der Waals surface area contributed by atoms with Crippen molar-refractivity contribution in [3.05, 3.63) is 103 Å². The SMILES string of the molecule is O=S(=O)(Nc1ccc(Cn2cnc(-c3nc(-c4cccc(F)c4)no3)c2)cc1)c1cccc(F)c1. The molecule has 11 heteroatoms. The number of nitrogens with one attached hydrogen (secondary N) is 1. The van der Waals surface area contributed by atoms with Crippen molar-refractivity contribution in [2.24, 2.45) is 0 Å². The van der Waals surface area contributed by atoms with E-state index in [2.05, 4.69) is 19.8 Å². The third kappa shape index (κ3) is 5.09. The molecule has 176 valence electrons. The van der Waals surface area contributed by atoms with E-state index >= 15 is 0 Å². The number of hydrogen-bond acceptors (Lipinski definition) is 6. The summed E-state index contributed by atoms with van der Waals surface area (Å²) in [4.78, 5) is 8.41. The molecule has 0 spiro atoms. The molecule has 0 aliphatic rings. The normalized spacial score (nSPS) is 11.5. The van der Waals surface area contributed by atoms with E-state index < -0.39 is 21.7 Å². The molecule has 1 N–H and O–H groups in total. The molecule has 0 amide bonds. The molecule has 0 radical (unpaired) electrons. The van der Waals surface area contributed by atoms with Crippen LogP contribution < -0.4 is 4.72 Å². The second kappa shape index (κ2) is 9.11. The van der Waals surface area contributed by atoms with Crippen LogP contribution >= 0.6 is 0 Å². The van der Waals surface area contributed by atoms with Crippen LogP contribution in [0.25, 0.3) is 23.0 Å². The summed E-state index contributed by atoms with van der Waals surface area (Å²) in [6, 6.07) is 17.4. The Morgan fingerprint density at radius 1 is 0.943 bits per heavy atom. The van der Waals surface area contributed by atoms with Crippen molar-refractivity contribution in [3.8, 4) is 23.0 Å². The summed E-state index contributed by atoms with van der Waals surface area (Å²) < 4.78 is 61.2. The summed E-state index contributed by atoms with van der Waals surface area (Å²) in [5.74, 6) is -0.574. The van der Waals surface area contributed by atoms with Crippen LogP contribution in [0.3, 0.4) is 0 Å². The summed E-state index contributed by atoms with van der Waals surface area (Å²) in [7, 11) is -3.90. The predicted octanol–water partition coefficient (Wildman–Crippen LogP) is 4.73. The molecule has 0 saturated carbocycles. The molecule has 8 nitrogen and oxygen atoms in total. The third-order valence-electron chi connectivity index (χ3n) is 5.04. The second-order valence-electron chi connectivity index (χ2n) is 7.62. The number of halogens is 2. The molecule has 3 aromatic carbocycles. The molecule has 0 aliphatic carbocycles. The van der Waals surface area contributed by atoms with Gasteiger partial charge in [-0.2, -0.15) is 4.98 Å². The third-order valence-corrected chi connectivity index (χ3v) is 6.42. The van der Waals surface area contributed by atoms with Crippen molar-refractivity contribution in [2.75, 3.05) is 4.72 Å². The maximum absolute atomic E-state index is 13.4. The average molecular weight is 493 g/mol. The van der Waals surface area contributed by atoms with E-state index in [1.165, 1.54) is 30.3 Å². The van der Waals surface area contributed by atoms with Gasteiger partial charge in [-0.15, -0.1) is 0 Å². The Morgan fingerprint density at radius 2 is 1.69 bits per heavy atom. The summed E-state index contributed by atoms with van der Waals surface area (Å²) in [6.07, 6.45) is 3.32. The topological polar surface area (TPSA) is 103 Å². The maximum atomic E-state index is 13.4. The first-order valence-corrected chi connectivity index (χ1v) is 11.8. The predicted molar refractivity (Wildman–Crippen MR) is 124 cm³/mol. The minimum atomic E-state index is -3.90. The minimum absolute atomic E-state index is 0.158. The molecule has 0 fully saturated rings. The highest BCUT2D eigenvalue weighted by Crippen LogP contribution is 2.22. The molecule has 0 atom stereocenters. The van der Waals surface area contributed by atoms with Gasteiger partial charge in [-0.3, -0.25) is 4.72 Å². The van der Waals surface area contributed by atoms with Gasteiger partial charge in [-0.05, 0) is 48.0 Å². The number of sulfonamides is 1. The highest BCUT2D eigenvalue weighted by atomic mass is 32.2. The quantitative estimate of drug-likeness (QED) is 0.352. The molecule has 5 rings (SSSR count). The Bertz CT molecular complexity index is 1600. The van der Waals surface area contributed by atoms with E-state index in [1.807, 2.05) is 0 Å². The standard InChI is InChI=1S/C24H17F2N5O3S/c25-18-4-1-3-17(11-18)23-28-24(34-29-23)22-14-31(15-27-22)13-16-7-9-20(10-8-16)30-35(32,33)21-6-2-5-19(26)12-21/h1-12,14-15,30H,13H2. The number of rotatable bonds is 7. The van der Waals surface area contributed by atoms with E-state index in [-0.39, 0.29) is 16.6 Å². The van der Waals surface area contributed by atoms with Gasteiger partial charge in [-0.25, -0.2) is 22.2 Å². The van der Waals surface area contributed by atoms with Crippen molar-refractivity contribution in [2.45, 2.75) is 11.4 Å². The number of imidazole rings is 1. The fraction of sp³-hybridized carbons (Fsp3) is 0.0417. The Balaban J connectivity index is 1.26. The van der Waals surface area contributed by atoms with E-state index in [4.69, 9.17) is 4.52 Å². The summed E-state index contributed by atoms with van der Waals surface area (Å²) in [6.45, 7) is 0.453. The van der Waals surface area contributed by atoms with Gasteiger partial charge in [0.25, 0.3) is 15.9 Å². The van der Waals surface area contributed by atoms with Crippen LogP contribution in [0.1, 0.15) is 5.56 Å². The van der Waals surface area contributed by atoms with Crippen molar-refractivity contribution >= 4 is 15.7 Å². The van der Waals surface area contributed by atoms with Crippen LogP contribution in [0.4, 0.5) is 14.5 Å². The van der Waals surface area contributed by atoms with Crippen LogP contribution in [0.2, 0.25) is 0 Å². The Kier molecular flexibility index (Phi) is 5.83.